The number of aliphatic hydroxyl groups is 1. The molecular formula is C13H26N2O4. The second kappa shape index (κ2) is 8.12. The van der Waals surface area contributed by atoms with E-state index in [0.717, 1.165) is 6.42 Å². The summed E-state index contributed by atoms with van der Waals surface area (Å²) >= 11 is 0. The van der Waals surface area contributed by atoms with Crippen molar-refractivity contribution in [2.24, 2.45) is 17.6 Å². The van der Waals surface area contributed by atoms with Gasteiger partial charge in [0.1, 0.15) is 12.1 Å². The Labute approximate surface area is 114 Å². The van der Waals surface area contributed by atoms with E-state index in [1.54, 1.807) is 13.8 Å². The summed E-state index contributed by atoms with van der Waals surface area (Å²) in [6.07, 6.45) is -0.0525. The lowest BCUT2D eigenvalue weighted by atomic mass is 9.99. The van der Waals surface area contributed by atoms with E-state index in [9.17, 15) is 14.7 Å². The van der Waals surface area contributed by atoms with Gasteiger partial charge in [-0.25, -0.2) is 4.79 Å². The lowest BCUT2D eigenvalue weighted by Crippen LogP contribution is -2.52. The van der Waals surface area contributed by atoms with Gasteiger partial charge in [-0.2, -0.15) is 0 Å². The molecule has 0 radical (unpaired) electrons. The molecule has 0 aliphatic heterocycles. The van der Waals surface area contributed by atoms with Crippen LogP contribution < -0.4 is 11.1 Å². The van der Waals surface area contributed by atoms with Crippen LogP contribution in [0.25, 0.3) is 0 Å². The Bertz CT molecular complexity index is 305. The number of aliphatic hydroxyl groups excluding tert-OH is 1. The van der Waals surface area contributed by atoms with E-state index in [2.05, 4.69) is 5.32 Å². The zero-order chi connectivity index (χ0) is 15.2. The average molecular weight is 274 g/mol. The third-order valence-electron chi connectivity index (χ3n) is 2.98. The highest BCUT2D eigenvalue weighted by atomic mass is 16.4. The predicted octanol–water partition coefficient (Wildman–Crippen LogP) is 0.336. The molecule has 0 spiro atoms. The van der Waals surface area contributed by atoms with Gasteiger partial charge < -0.3 is 21.3 Å². The number of nitrogens with two attached hydrogens (primary N) is 1. The van der Waals surface area contributed by atoms with Gasteiger partial charge in [-0.05, 0) is 24.7 Å². The minimum atomic E-state index is -1.38. The normalized spacial score (nSPS) is 16.2. The Morgan fingerprint density at radius 2 is 1.68 bits per heavy atom. The maximum absolute atomic E-state index is 11.7. The number of rotatable bonds is 8. The molecule has 0 aromatic rings. The van der Waals surface area contributed by atoms with Gasteiger partial charge in [0.25, 0.3) is 5.91 Å². The van der Waals surface area contributed by atoms with Gasteiger partial charge >= 0.3 is 5.97 Å². The molecule has 0 saturated carbocycles. The van der Waals surface area contributed by atoms with E-state index in [1.807, 2.05) is 13.8 Å². The minimum absolute atomic E-state index is 0.263. The Hall–Kier alpha value is -1.14. The molecule has 0 fully saturated rings. The highest BCUT2D eigenvalue weighted by Gasteiger charge is 2.29. The first kappa shape index (κ1) is 17.9. The molecule has 0 bridgehead atoms. The van der Waals surface area contributed by atoms with E-state index in [1.165, 1.54) is 0 Å². The fourth-order valence-corrected chi connectivity index (χ4v) is 1.63. The van der Waals surface area contributed by atoms with E-state index in [4.69, 9.17) is 10.8 Å². The molecule has 19 heavy (non-hydrogen) atoms. The van der Waals surface area contributed by atoms with Crippen molar-refractivity contribution < 1.29 is 19.8 Å². The van der Waals surface area contributed by atoms with Crippen molar-refractivity contribution in [1.82, 2.24) is 5.32 Å². The molecule has 3 atom stereocenters. The first-order chi connectivity index (χ1) is 8.66. The van der Waals surface area contributed by atoms with Gasteiger partial charge in [0, 0.05) is 6.04 Å². The average Bonchev–Trinajstić information content (AvgIpc) is 2.30. The Morgan fingerprint density at radius 1 is 1.16 bits per heavy atom. The number of aliphatic carboxylic acids is 1. The summed E-state index contributed by atoms with van der Waals surface area (Å²) in [5.74, 6) is -1.67. The quantitative estimate of drug-likeness (QED) is 0.509. The van der Waals surface area contributed by atoms with E-state index in [-0.39, 0.29) is 5.92 Å². The summed E-state index contributed by atoms with van der Waals surface area (Å²) in [7, 11) is 0. The van der Waals surface area contributed by atoms with Crippen LogP contribution >= 0.6 is 0 Å². The molecule has 0 aliphatic carbocycles. The Kier molecular flexibility index (Phi) is 7.63. The molecule has 0 aliphatic rings. The number of carboxylic acids is 1. The van der Waals surface area contributed by atoms with Gasteiger partial charge in [0.2, 0.25) is 0 Å². The van der Waals surface area contributed by atoms with Crippen LogP contribution in [-0.4, -0.2) is 40.3 Å². The first-order valence-electron chi connectivity index (χ1n) is 6.63. The van der Waals surface area contributed by atoms with E-state index in [0.29, 0.717) is 12.3 Å². The van der Waals surface area contributed by atoms with Crippen molar-refractivity contribution in [3.63, 3.8) is 0 Å². The smallest absolute Gasteiger partial charge is 0.326 e. The lowest BCUT2D eigenvalue weighted by Gasteiger charge is -2.23. The zero-order valence-corrected chi connectivity index (χ0v) is 12.1. The largest absolute Gasteiger partial charge is 0.480 e. The minimum Gasteiger partial charge on any atom is -0.480 e. The van der Waals surface area contributed by atoms with Crippen molar-refractivity contribution >= 4 is 11.9 Å². The summed E-state index contributed by atoms with van der Waals surface area (Å²) in [4.78, 5) is 22.7. The Morgan fingerprint density at radius 3 is 2.05 bits per heavy atom. The second-order valence-corrected chi connectivity index (χ2v) is 5.65. The molecule has 5 N–H and O–H groups in total. The molecular weight excluding hydrogens is 248 g/mol. The highest BCUT2D eigenvalue weighted by molar-refractivity contribution is 5.86. The molecule has 0 aromatic heterocycles. The molecule has 0 saturated heterocycles. The number of amides is 1. The van der Waals surface area contributed by atoms with E-state index < -0.39 is 30.1 Å². The summed E-state index contributed by atoms with van der Waals surface area (Å²) in [6, 6.07) is -1.69. The molecule has 2 unspecified atom stereocenters. The van der Waals surface area contributed by atoms with Crippen LogP contribution in [0.15, 0.2) is 0 Å². The van der Waals surface area contributed by atoms with Gasteiger partial charge in [-0.3, -0.25) is 4.79 Å². The second-order valence-electron chi connectivity index (χ2n) is 5.65. The zero-order valence-electron chi connectivity index (χ0n) is 12.1. The van der Waals surface area contributed by atoms with Gasteiger partial charge in [0.05, 0.1) is 0 Å². The Balaban J connectivity index is 4.43. The SMILES string of the molecule is CC(C)CCC(N)C(O)C(=O)N[C@H](C(=O)O)C(C)C. The molecule has 112 valence electrons. The van der Waals surface area contributed by atoms with Crippen LogP contribution in [0.3, 0.4) is 0 Å². The standard InChI is InChI=1S/C13H26N2O4/c1-7(2)5-6-9(14)11(16)12(17)15-10(8(3)4)13(18)19/h7-11,16H,5-6,14H2,1-4H3,(H,15,17)(H,18,19)/t9?,10-,11?/m0/s1. The third-order valence-corrected chi connectivity index (χ3v) is 2.98. The van der Waals surface area contributed by atoms with Crippen LogP contribution in [-0.2, 0) is 9.59 Å². The first-order valence-corrected chi connectivity index (χ1v) is 6.63. The summed E-state index contributed by atoms with van der Waals surface area (Å²) in [5, 5.41) is 21.1. The number of nitrogens with one attached hydrogen (secondary N) is 1. The van der Waals surface area contributed by atoms with Crippen molar-refractivity contribution in [3.8, 4) is 0 Å². The maximum atomic E-state index is 11.7. The summed E-state index contributed by atoms with van der Waals surface area (Å²) < 4.78 is 0. The lowest BCUT2D eigenvalue weighted by molar-refractivity contribution is -0.145. The molecule has 0 heterocycles. The van der Waals surface area contributed by atoms with Gasteiger partial charge in [0.15, 0.2) is 0 Å². The van der Waals surface area contributed by atoms with Crippen molar-refractivity contribution in [3.05, 3.63) is 0 Å². The van der Waals surface area contributed by atoms with E-state index >= 15 is 0 Å². The van der Waals surface area contributed by atoms with Crippen molar-refractivity contribution in [1.29, 1.82) is 0 Å². The van der Waals surface area contributed by atoms with Crippen LogP contribution in [0.1, 0.15) is 40.5 Å². The fourth-order valence-electron chi connectivity index (χ4n) is 1.63. The molecule has 1 amide bonds. The van der Waals surface area contributed by atoms with Crippen molar-refractivity contribution in [2.45, 2.75) is 58.7 Å². The summed E-state index contributed by atoms with van der Waals surface area (Å²) in [5.41, 5.74) is 5.74. The molecule has 6 nitrogen and oxygen atoms in total. The third kappa shape index (κ3) is 6.54. The van der Waals surface area contributed by atoms with Crippen LogP contribution in [0.2, 0.25) is 0 Å². The number of hydrogen-bond donors (Lipinski definition) is 4. The van der Waals surface area contributed by atoms with Crippen LogP contribution in [0.4, 0.5) is 0 Å². The van der Waals surface area contributed by atoms with Crippen LogP contribution in [0.5, 0.6) is 0 Å². The topological polar surface area (TPSA) is 113 Å². The van der Waals surface area contributed by atoms with Crippen LogP contribution in [0, 0.1) is 11.8 Å². The predicted molar refractivity (Wildman–Crippen MR) is 72.5 cm³/mol. The summed E-state index contributed by atoms with van der Waals surface area (Å²) in [6.45, 7) is 7.42. The molecule has 6 heteroatoms. The molecule has 0 aromatic carbocycles. The highest BCUT2D eigenvalue weighted by Crippen LogP contribution is 2.09. The number of carbonyl (C=O) groups is 2. The van der Waals surface area contributed by atoms with Crippen molar-refractivity contribution in [2.75, 3.05) is 0 Å². The monoisotopic (exact) mass is 274 g/mol. The molecule has 0 rings (SSSR count). The number of carboxylic acid groups (broad SMARTS) is 1. The maximum Gasteiger partial charge on any atom is 0.326 e. The number of hydrogen-bond acceptors (Lipinski definition) is 4. The van der Waals surface area contributed by atoms with Gasteiger partial charge in [-0.15, -0.1) is 0 Å². The fraction of sp³-hybridized carbons (Fsp3) is 0.846. The van der Waals surface area contributed by atoms with Gasteiger partial charge in [-0.1, -0.05) is 27.7 Å². The number of carbonyl (C=O) groups excluding carboxylic acids is 1.